The predicted octanol–water partition coefficient (Wildman–Crippen LogP) is 4.65. The highest BCUT2D eigenvalue weighted by atomic mass is 14.8. The van der Waals surface area contributed by atoms with E-state index in [0.29, 0.717) is 0 Å². The van der Waals surface area contributed by atoms with Gasteiger partial charge in [0.1, 0.15) is 0 Å². The highest BCUT2D eigenvalue weighted by Gasteiger charge is 2.11. The lowest BCUT2D eigenvalue weighted by Gasteiger charge is -2.17. The quantitative estimate of drug-likeness (QED) is 0.859. The Bertz CT molecular complexity index is 628. The van der Waals surface area contributed by atoms with Gasteiger partial charge in [-0.15, -0.1) is 0 Å². The van der Waals surface area contributed by atoms with Gasteiger partial charge in [0.05, 0.1) is 0 Å². The van der Waals surface area contributed by atoms with E-state index in [1.165, 1.54) is 47.9 Å². The van der Waals surface area contributed by atoms with E-state index in [1.54, 1.807) is 11.1 Å². The third kappa shape index (κ3) is 3.19. The first kappa shape index (κ1) is 14.3. The molecular formula is C20H25N. The molecule has 0 saturated heterocycles. The van der Waals surface area contributed by atoms with Gasteiger partial charge < -0.3 is 5.32 Å². The standard InChI is InChI=1S/C20H25N/c1-3-21-14-16-9-8-15(2)20(12-16)19-11-10-17-6-4-5-7-18(17)13-19/h8-13,21H,3-7,14H2,1-2H3. The fourth-order valence-electron chi connectivity index (χ4n) is 3.26. The molecule has 1 nitrogen and oxygen atoms in total. The predicted molar refractivity (Wildman–Crippen MR) is 90.6 cm³/mol. The second kappa shape index (κ2) is 6.44. The number of hydrogen-bond donors (Lipinski definition) is 1. The van der Waals surface area contributed by atoms with Crippen LogP contribution in [0.2, 0.25) is 0 Å². The van der Waals surface area contributed by atoms with E-state index in [2.05, 4.69) is 55.6 Å². The van der Waals surface area contributed by atoms with Crippen LogP contribution in [0.5, 0.6) is 0 Å². The molecule has 0 amide bonds. The van der Waals surface area contributed by atoms with Crippen molar-refractivity contribution in [1.82, 2.24) is 5.32 Å². The molecule has 1 N–H and O–H groups in total. The Labute approximate surface area is 128 Å². The number of nitrogens with one attached hydrogen (secondary N) is 1. The Morgan fingerprint density at radius 1 is 0.952 bits per heavy atom. The Morgan fingerprint density at radius 2 is 1.76 bits per heavy atom. The fourth-order valence-corrected chi connectivity index (χ4v) is 3.26. The molecule has 1 aliphatic carbocycles. The smallest absolute Gasteiger partial charge is 0.0205 e. The summed E-state index contributed by atoms with van der Waals surface area (Å²) in [4.78, 5) is 0. The van der Waals surface area contributed by atoms with Crippen LogP contribution in [0.15, 0.2) is 36.4 Å². The van der Waals surface area contributed by atoms with Crippen molar-refractivity contribution in [3.8, 4) is 11.1 Å². The summed E-state index contributed by atoms with van der Waals surface area (Å²) in [5, 5.41) is 3.41. The first-order valence-corrected chi connectivity index (χ1v) is 8.20. The van der Waals surface area contributed by atoms with Crippen molar-refractivity contribution in [3.05, 3.63) is 58.7 Å². The second-order valence-corrected chi connectivity index (χ2v) is 6.12. The normalized spacial score (nSPS) is 14.0. The molecule has 2 aromatic rings. The third-order valence-corrected chi connectivity index (χ3v) is 4.54. The number of benzene rings is 2. The third-order valence-electron chi connectivity index (χ3n) is 4.54. The lowest BCUT2D eigenvalue weighted by Crippen LogP contribution is -2.11. The SMILES string of the molecule is CCNCc1ccc(C)c(-c2ccc3c(c2)CCCC3)c1. The number of hydrogen-bond acceptors (Lipinski definition) is 1. The zero-order valence-electron chi connectivity index (χ0n) is 13.2. The van der Waals surface area contributed by atoms with Crippen LogP contribution >= 0.6 is 0 Å². The molecule has 1 heteroatoms. The van der Waals surface area contributed by atoms with Crippen LogP contribution < -0.4 is 5.32 Å². The van der Waals surface area contributed by atoms with E-state index >= 15 is 0 Å². The van der Waals surface area contributed by atoms with Crippen molar-refractivity contribution in [2.45, 2.75) is 46.1 Å². The number of aryl methyl sites for hydroxylation is 3. The summed E-state index contributed by atoms with van der Waals surface area (Å²) in [6.07, 6.45) is 5.20. The summed E-state index contributed by atoms with van der Waals surface area (Å²) in [5.74, 6) is 0. The molecule has 0 fully saturated rings. The molecule has 2 aromatic carbocycles. The fraction of sp³-hybridized carbons (Fsp3) is 0.400. The van der Waals surface area contributed by atoms with Gasteiger partial charge in [0.2, 0.25) is 0 Å². The van der Waals surface area contributed by atoms with E-state index < -0.39 is 0 Å². The molecule has 0 radical (unpaired) electrons. The second-order valence-electron chi connectivity index (χ2n) is 6.12. The molecule has 0 aliphatic heterocycles. The van der Waals surface area contributed by atoms with Gasteiger partial charge in [-0.2, -0.15) is 0 Å². The van der Waals surface area contributed by atoms with Gasteiger partial charge in [-0.25, -0.2) is 0 Å². The molecule has 0 aromatic heterocycles. The minimum Gasteiger partial charge on any atom is -0.313 e. The minimum atomic E-state index is 0.953. The molecule has 21 heavy (non-hydrogen) atoms. The zero-order valence-corrected chi connectivity index (χ0v) is 13.2. The van der Waals surface area contributed by atoms with E-state index in [4.69, 9.17) is 0 Å². The van der Waals surface area contributed by atoms with Crippen molar-refractivity contribution >= 4 is 0 Å². The number of fused-ring (bicyclic) bond motifs is 1. The summed E-state index contributed by atoms with van der Waals surface area (Å²) in [6.45, 7) is 6.33. The number of rotatable bonds is 4. The van der Waals surface area contributed by atoms with E-state index in [0.717, 1.165) is 13.1 Å². The van der Waals surface area contributed by atoms with E-state index in [-0.39, 0.29) is 0 Å². The average molecular weight is 279 g/mol. The largest absolute Gasteiger partial charge is 0.313 e. The molecule has 0 bridgehead atoms. The minimum absolute atomic E-state index is 0.953. The average Bonchev–Trinajstić information content (AvgIpc) is 2.53. The maximum absolute atomic E-state index is 3.41. The molecule has 0 saturated carbocycles. The first-order valence-electron chi connectivity index (χ1n) is 8.20. The lowest BCUT2D eigenvalue weighted by atomic mass is 9.88. The van der Waals surface area contributed by atoms with Crippen LogP contribution in [0.3, 0.4) is 0 Å². The summed E-state index contributed by atoms with van der Waals surface area (Å²) in [5.41, 5.74) is 8.63. The van der Waals surface area contributed by atoms with Crippen molar-refractivity contribution in [1.29, 1.82) is 0 Å². The Hall–Kier alpha value is -1.60. The highest BCUT2D eigenvalue weighted by molar-refractivity contribution is 5.69. The molecule has 0 spiro atoms. The summed E-state index contributed by atoms with van der Waals surface area (Å²) >= 11 is 0. The molecule has 0 heterocycles. The topological polar surface area (TPSA) is 12.0 Å². The van der Waals surface area contributed by atoms with Gasteiger partial charge >= 0.3 is 0 Å². The van der Waals surface area contributed by atoms with Gasteiger partial charge in [0, 0.05) is 6.54 Å². The zero-order chi connectivity index (χ0) is 14.7. The molecule has 110 valence electrons. The van der Waals surface area contributed by atoms with Gasteiger partial charge in [-0.05, 0) is 78.6 Å². The molecule has 0 unspecified atom stereocenters. The van der Waals surface area contributed by atoms with E-state index in [1.807, 2.05) is 0 Å². The van der Waals surface area contributed by atoms with Gasteiger partial charge in [-0.1, -0.05) is 37.3 Å². The van der Waals surface area contributed by atoms with Crippen molar-refractivity contribution in [2.75, 3.05) is 6.54 Å². The van der Waals surface area contributed by atoms with Gasteiger partial charge in [-0.3, -0.25) is 0 Å². The molecule has 1 aliphatic rings. The summed E-state index contributed by atoms with van der Waals surface area (Å²) < 4.78 is 0. The Kier molecular flexibility index (Phi) is 4.40. The van der Waals surface area contributed by atoms with Gasteiger partial charge in [0.25, 0.3) is 0 Å². The van der Waals surface area contributed by atoms with Crippen molar-refractivity contribution < 1.29 is 0 Å². The molecule has 0 atom stereocenters. The van der Waals surface area contributed by atoms with Crippen LogP contribution in [0, 0.1) is 6.92 Å². The summed E-state index contributed by atoms with van der Waals surface area (Å²) in [6, 6.07) is 13.9. The van der Waals surface area contributed by atoms with Crippen molar-refractivity contribution in [3.63, 3.8) is 0 Å². The van der Waals surface area contributed by atoms with Crippen LogP contribution in [-0.4, -0.2) is 6.54 Å². The van der Waals surface area contributed by atoms with E-state index in [9.17, 15) is 0 Å². The van der Waals surface area contributed by atoms with Crippen LogP contribution in [0.4, 0.5) is 0 Å². The Balaban J connectivity index is 1.95. The van der Waals surface area contributed by atoms with Crippen LogP contribution in [0.1, 0.15) is 42.0 Å². The van der Waals surface area contributed by atoms with Crippen LogP contribution in [0.25, 0.3) is 11.1 Å². The van der Waals surface area contributed by atoms with Gasteiger partial charge in [0.15, 0.2) is 0 Å². The highest BCUT2D eigenvalue weighted by Crippen LogP contribution is 2.29. The summed E-state index contributed by atoms with van der Waals surface area (Å²) in [7, 11) is 0. The lowest BCUT2D eigenvalue weighted by molar-refractivity contribution is 0.686. The maximum atomic E-state index is 3.41. The first-order chi connectivity index (χ1) is 10.3. The molecule has 3 rings (SSSR count). The maximum Gasteiger partial charge on any atom is 0.0205 e. The van der Waals surface area contributed by atoms with Crippen molar-refractivity contribution in [2.24, 2.45) is 0 Å². The van der Waals surface area contributed by atoms with Crippen LogP contribution in [-0.2, 0) is 19.4 Å². The molecular weight excluding hydrogens is 254 g/mol. The Morgan fingerprint density at radius 3 is 2.57 bits per heavy atom. The monoisotopic (exact) mass is 279 g/mol.